The topological polar surface area (TPSA) is 55.3 Å². The number of ether oxygens (including phenoxy) is 1. The lowest BCUT2D eigenvalue weighted by Gasteiger charge is -2.32. The molecular formula is C15H23N3O2. The first-order valence-corrected chi connectivity index (χ1v) is 7.28. The second-order valence-corrected chi connectivity index (χ2v) is 5.74. The standard InChI is InChI=1S/C15H23N3O2/c1-11(2)10-15(19)18-8-5-13(6-9-18)20-14-4-7-16-12(3)17-14/h4,7,11,13H,5-6,8-10H2,1-3H3. The van der Waals surface area contributed by atoms with Gasteiger partial charge >= 0.3 is 0 Å². The zero-order chi connectivity index (χ0) is 14.5. The Kier molecular flexibility index (Phi) is 4.93. The summed E-state index contributed by atoms with van der Waals surface area (Å²) in [4.78, 5) is 22.2. The van der Waals surface area contributed by atoms with E-state index in [1.54, 1.807) is 12.3 Å². The van der Waals surface area contributed by atoms with Crippen LogP contribution in [-0.2, 0) is 4.79 Å². The predicted octanol–water partition coefficient (Wildman–Crippen LogP) is 2.20. The molecule has 0 radical (unpaired) electrons. The largest absolute Gasteiger partial charge is 0.474 e. The van der Waals surface area contributed by atoms with Gasteiger partial charge in [0, 0.05) is 44.6 Å². The number of hydrogen-bond donors (Lipinski definition) is 0. The normalized spacial score (nSPS) is 16.5. The van der Waals surface area contributed by atoms with Crippen LogP contribution < -0.4 is 4.74 Å². The number of nitrogens with zero attached hydrogens (tertiary/aromatic N) is 3. The van der Waals surface area contributed by atoms with Crippen LogP contribution in [0.3, 0.4) is 0 Å². The first-order chi connectivity index (χ1) is 9.54. The second-order valence-electron chi connectivity index (χ2n) is 5.74. The molecule has 1 saturated heterocycles. The van der Waals surface area contributed by atoms with Gasteiger partial charge in [-0.2, -0.15) is 4.98 Å². The van der Waals surface area contributed by atoms with Crippen molar-refractivity contribution in [2.45, 2.75) is 46.1 Å². The van der Waals surface area contributed by atoms with Gasteiger partial charge in [-0.15, -0.1) is 0 Å². The first kappa shape index (κ1) is 14.8. The summed E-state index contributed by atoms with van der Waals surface area (Å²) in [6.45, 7) is 7.55. The minimum absolute atomic E-state index is 0.146. The molecular weight excluding hydrogens is 254 g/mol. The van der Waals surface area contributed by atoms with Gasteiger partial charge in [0.15, 0.2) is 0 Å². The van der Waals surface area contributed by atoms with Gasteiger partial charge in [0.1, 0.15) is 11.9 Å². The molecule has 1 aliphatic heterocycles. The van der Waals surface area contributed by atoms with E-state index in [0.29, 0.717) is 24.0 Å². The molecule has 0 aliphatic carbocycles. The highest BCUT2D eigenvalue weighted by Crippen LogP contribution is 2.18. The number of carbonyl (C=O) groups excluding carboxylic acids is 1. The van der Waals surface area contributed by atoms with Crippen LogP contribution >= 0.6 is 0 Å². The van der Waals surface area contributed by atoms with E-state index in [1.165, 1.54) is 0 Å². The quantitative estimate of drug-likeness (QED) is 0.846. The third-order valence-electron chi connectivity index (χ3n) is 3.42. The van der Waals surface area contributed by atoms with Crippen molar-refractivity contribution < 1.29 is 9.53 Å². The minimum Gasteiger partial charge on any atom is -0.474 e. The van der Waals surface area contributed by atoms with Crippen LogP contribution in [-0.4, -0.2) is 40.0 Å². The van der Waals surface area contributed by atoms with Gasteiger partial charge in [0.05, 0.1) is 0 Å². The van der Waals surface area contributed by atoms with Gasteiger partial charge in [-0.3, -0.25) is 4.79 Å². The maximum atomic E-state index is 12.0. The van der Waals surface area contributed by atoms with Crippen LogP contribution in [0.2, 0.25) is 0 Å². The Morgan fingerprint density at radius 2 is 2.15 bits per heavy atom. The van der Waals surface area contributed by atoms with E-state index in [-0.39, 0.29) is 12.0 Å². The van der Waals surface area contributed by atoms with Crippen LogP contribution in [0.15, 0.2) is 12.3 Å². The summed E-state index contributed by atoms with van der Waals surface area (Å²) in [5, 5.41) is 0. The van der Waals surface area contributed by atoms with Crippen LogP contribution in [0.5, 0.6) is 5.88 Å². The third-order valence-corrected chi connectivity index (χ3v) is 3.42. The highest BCUT2D eigenvalue weighted by Gasteiger charge is 2.24. The lowest BCUT2D eigenvalue weighted by molar-refractivity contribution is -0.133. The molecule has 0 bridgehead atoms. The number of carbonyl (C=O) groups is 1. The SMILES string of the molecule is Cc1nccc(OC2CCN(C(=O)CC(C)C)CC2)n1. The summed E-state index contributed by atoms with van der Waals surface area (Å²) >= 11 is 0. The molecule has 0 saturated carbocycles. The summed E-state index contributed by atoms with van der Waals surface area (Å²) in [5.74, 6) is 2.02. The number of amides is 1. The summed E-state index contributed by atoms with van der Waals surface area (Å²) in [6, 6.07) is 1.78. The van der Waals surface area contributed by atoms with Gasteiger partial charge in [0.25, 0.3) is 0 Å². The zero-order valence-corrected chi connectivity index (χ0v) is 12.5. The average Bonchev–Trinajstić information content (AvgIpc) is 2.38. The molecule has 1 aromatic heterocycles. The molecule has 1 amide bonds. The van der Waals surface area contributed by atoms with Crippen molar-refractivity contribution >= 4 is 5.91 Å². The van der Waals surface area contributed by atoms with E-state index in [9.17, 15) is 4.79 Å². The zero-order valence-electron chi connectivity index (χ0n) is 12.5. The van der Waals surface area contributed by atoms with Crippen LogP contribution in [0.1, 0.15) is 38.9 Å². The monoisotopic (exact) mass is 277 g/mol. The average molecular weight is 277 g/mol. The summed E-state index contributed by atoms with van der Waals surface area (Å²) in [6.07, 6.45) is 4.22. The van der Waals surface area contributed by atoms with E-state index >= 15 is 0 Å². The molecule has 1 aliphatic rings. The molecule has 5 heteroatoms. The number of aromatic nitrogens is 2. The van der Waals surface area contributed by atoms with Gasteiger partial charge < -0.3 is 9.64 Å². The predicted molar refractivity (Wildman–Crippen MR) is 76.5 cm³/mol. The lowest BCUT2D eigenvalue weighted by atomic mass is 10.1. The Morgan fingerprint density at radius 1 is 1.45 bits per heavy atom. The Balaban J connectivity index is 1.81. The highest BCUT2D eigenvalue weighted by molar-refractivity contribution is 5.76. The summed E-state index contributed by atoms with van der Waals surface area (Å²) < 4.78 is 5.86. The van der Waals surface area contributed by atoms with Crippen molar-refractivity contribution in [2.75, 3.05) is 13.1 Å². The minimum atomic E-state index is 0.146. The second kappa shape index (κ2) is 6.68. The molecule has 0 atom stereocenters. The summed E-state index contributed by atoms with van der Waals surface area (Å²) in [7, 11) is 0. The molecule has 2 rings (SSSR count). The fourth-order valence-corrected chi connectivity index (χ4v) is 2.37. The molecule has 20 heavy (non-hydrogen) atoms. The maximum Gasteiger partial charge on any atom is 0.222 e. The van der Waals surface area contributed by atoms with Crippen LogP contribution in [0.4, 0.5) is 0 Å². The van der Waals surface area contributed by atoms with Crippen molar-refractivity contribution in [2.24, 2.45) is 5.92 Å². The van der Waals surface area contributed by atoms with Crippen molar-refractivity contribution in [1.82, 2.24) is 14.9 Å². The van der Waals surface area contributed by atoms with Crippen LogP contribution in [0, 0.1) is 12.8 Å². The Labute approximate surface area is 120 Å². The van der Waals surface area contributed by atoms with E-state index in [1.807, 2.05) is 11.8 Å². The molecule has 2 heterocycles. The maximum absolute atomic E-state index is 12.0. The highest BCUT2D eigenvalue weighted by atomic mass is 16.5. The van der Waals surface area contributed by atoms with Gasteiger partial charge in [-0.25, -0.2) is 4.98 Å². The van der Waals surface area contributed by atoms with Gasteiger partial charge in [-0.05, 0) is 12.8 Å². The van der Waals surface area contributed by atoms with E-state index in [0.717, 1.165) is 25.9 Å². The first-order valence-electron chi connectivity index (χ1n) is 7.28. The number of aryl methyl sites for hydroxylation is 1. The number of rotatable bonds is 4. The van der Waals surface area contributed by atoms with E-state index < -0.39 is 0 Å². The molecule has 5 nitrogen and oxygen atoms in total. The number of piperidine rings is 1. The number of likely N-dealkylation sites (tertiary alicyclic amines) is 1. The van der Waals surface area contributed by atoms with Crippen molar-refractivity contribution in [3.8, 4) is 5.88 Å². The Bertz CT molecular complexity index is 454. The van der Waals surface area contributed by atoms with Crippen molar-refractivity contribution in [3.63, 3.8) is 0 Å². The number of hydrogen-bond acceptors (Lipinski definition) is 4. The van der Waals surface area contributed by atoms with Crippen molar-refractivity contribution in [3.05, 3.63) is 18.1 Å². The van der Waals surface area contributed by atoms with E-state index in [2.05, 4.69) is 23.8 Å². The molecule has 0 N–H and O–H groups in total. The molecule has 1 fully saturated rings. The molecule has 1 aromatic rings. The molecule has 0 aromatic carbocycles. The summed E-state index contributed by atoms with van der Waals surface area (Å²) in [5.41, 5.74) is 0. The Hall–Kier alpha value is -1.65. The van der Waals surface area contributed by atoms with E-state index in [4.69, 9.17) is 4.74 Å². The van der Waals surface area contributed by atoms with Crippen molar-refractivity contribution in [1.29, 1.82) is 0 Å². The molecule has 110 valence electrons. The molecule has 0 spiro atoms. The molecule has 0 unspecified atom stereocenters. The lowest BCUT2D eigenvalue weighted by Crippen LogP contribution is -2.42. The fourth-order valence-electron chi connectivity index (χ4n) is 2.37. The smallest absolute Gasteiger partial charge is 0.222 e. The third kappa shape index (κ3) is 4.18. The fraction of sp³-hybridized carbons (Fsp3) is 0.667. The van der Waals surface area contributed by atoms with Crippen LogP contribution in [0.25, 0.3) is 0 Å². The Morgan fingerprint density at radius 3 is 2.75 bits per heavy atom. The van der Waals surface area contributed by atoms with Gasteiger partial charge in [-0.1, -0.05) is 13.8 Å². The van der Waals surface area contributed by atoms with Gasteiger partial charge in [0.2, 0.25) is 11.8 Å².